The lowest BCUT2D eigenvalue weighted by molar-refractivity contribution is 0.627. The van der Waals surface area contributed by atoms with Crippen molar-refractivity contribution < 1.29 is 4.39 Å². The largest absolute Gasteiger partial charge is 0.380 e. The number of hydrogen-bond acceptors (Lipinski definition) is 3. The minimum absolute atomic E-state index is 0.0997. The van der Waals surface area contributed by atoms with Crippen LogP contribution in [0.3, 0.4) is 0 Å². The van der Waals surface area contributed by atoms with Crippen LogP contribution in [0.5, 0.6) is 0 Å². The normalized spacial score (nSPS) is 10.1. The summed E-state index contributed by atoms with van der Waals surface area (Å²) in [7, 11) is 0. The first kappa shape index (κ1) is 14.7. The summed E-state index contributed by atoms with van der Waals surface area (Å²) in [5.41, 5.74) is 2.24. The van der Waals surface area contributed by atoms with Gasteiger partial charge < -0.3 is 5.32 Å². The SMILES string of the molecule is CSc1cccc(NCc2ccc(F)c(Cl)c2)c1C#N. The fourth-order valence-corrected chi connectivity index (χ4v) is 2.59. The molecule has 0 atom stereocenters. The second kappa shape index (κ2) is 6.65. The van der Waals surface area contributed by atoms with Gasteiger partial charge in [0, 0.05) is 11.4 Å². The Hall–Kier alpha value is -1.70. The number of nitrogens with zero attached hydrogens (tertiary/aromatic N) is 1. The topological polar surface area (TPSA) is 35.8 Å². The van der Waals surface area contributed by atoms with E-state index in [-0.39, 0.29) is 5.02 Å². The molecular formula is C15H12ClFN2S. The van der Waals surface area contributed by atoms with Gasteiger partial charge in [-0.25, -0.2) is 4.39 Å². The molecule has 0 aliphatic rings. The molecular weight excluding hydrogens is 295 g/mol. The van der Waals surface area contributed by atoms with Crippen molar-refractivity contribution in [1.82, 2.24) is 0 Å². The first-order valence-electron chi connectivity index (χ1n) is 5.90. The van der Waals surface area contributed by atoms with E-state index in [9.17, 15) is 9.65 Å². The van der Waals surface area contributed by atoms with Gasteiger partial charge in [-0.15, -0.1) is 11.8 Å². The summed E-state index contributed by atoms with van der Waals surface area (Å²) in [5, 5.41) is 12.5. The number of nitrogens with one attached hydrogen (secondary N) is 1. The van der Waals surface area contributed by atoms with Crippen LogP contribution in [0, 0.1) is 17.1 Å². The molecule has 0 saturated heterocycles. The Kier molecular flexibility index (Phi) is 4.89. The highest BCUT2D eigenvalue weighted by molar-refractivity contribution is 7.98. The van der Waals surface area contributed by atoms with Crippen LogP contribution in [0.4, 0.5) is 10.1 Å². The Labute approximate surface area is 126 Å². The summed E-state index contributed by atoms with van der Waals surface area (Å²) >= 11 is 7.27. The van der Waals surface area contributed by atoms with E-state index in [1.807, 2.05) is 24.5 Å². The maximum atomic E-state index is 13.1. The van der Waals surface area contributed by atoms with Gasteiger partial charge >= 0.3 is 0 Å². The highest BCUT2D eigenvalue weighted by atomic mass is 35.5. The van der Waals surface area contributed by atoms with Gasteiger partial charge in [0.05, 0.1) is 16.3 Å². The third-order valence-electron chi connectivity index (χ3n) is 2.82. The van der Waals surface area contributed by atoms with Crippen LogP contribution in [0.25, 0.3) is 0 Å². The Morgan fingerprint density at radius 3 is 2.80 bits per heavy atom. The van der Waals surface area contributed by atoms with Crippen molar-refractivity contribution in [2.24, 2.45) is 0 Å². The molecule has 20 heavy (non-hydrogen) atoms. The fourth-order valence-electron chi connectivity index (χ4n) is 1.81. The van der Waals surface area contributed by atoms with Crippen LogP contribution in [0.1, 0.15) is 11.1 Å². The van der Waals surface area contributed by atoms with Crippen molar-refractivity contribution in [2.75, 3.05) is 11.6 Å². The summed E-state index contributed by atoms with van der Waals surface area (Å²) in [6.45, 7) is 0.479. The molecule has 0 bridgehead atoms. The van der Waals surface area contributed by atoms with Gasteiger partial charge in [-0.2, -0.15) is 5.26 Å². The van der Waals surface area contributed by atoms with Crippen molar-refractivity contribution in [1.29, 1.82) is 5.26 Å². The van der Waals surface area contributed by atoms with Crippen molar-refractivity contribution in [3.05, 3.63) is 58.4 Å². The molecule has 0 unspecified atom stereocenters. The molecule has 2 nitrogen and oxygen atoms in total. The summed E-state index contributed by atoms with van der Waals surface area (Å²) in [6.07, 6.45) is 1.93. The maximum Gasteiger partial charge on any atom is 0.141 e. The fraction of sp³-hybridized carbons (Fsp3) is 0.133. The molecule has 2 rings (SSSR count). The van der Waals surface area contributed by atoms with E-state index < -0.39 is 5.82 Å². The molecule has 0 radical (unpaired) electrons. The molecule has 2 aromatic carbocycles. The Morgan fingerprint density at radius 2 is 2.15 bits per heavy atom. The second-order valence-electron chi connectivity index (χ2n) is 4.10. The number of rotatable bonds is 4. The molecule has 5 heteroatoms. The lowest BCUT2D eigenvalue weighted by Gasteiger charge is -2.11. The van der Waals surface area contributed by atoms with Gasteiger partial charge in [-0.1, -0.05) is 23.7 Å². The molecule has 0 amide bonds. The average Bonchev–Trinajstić information content (AvgIpc) is 2.47. The summed E-state index contributed by atoms with van der Waals surface area (Å²) in [5.74, 6) is -0.433. The Morgan fingerprint density at radius 1 is 1.35 bits per heavy atom. The predicted octanol–water partition coefficient (Wildman–Crippen LogP) is 4.68. The molecule has 2 aromatic rings. The zero-order valence-corrected chi connectivity index (χ0v) is 12.4. The summed E-state index contributed by atoms with van der Waals surface area (Å²) in [4.78, 5) is 0.926. The zero-order chi connectivity index (χ0) is 14.5. The van der Waals surface area contributed by atoms with Gasteiger partial charge in [0.25, 0.3) is 0 Å². The molecule has 102 valence electrons. The molecule has 0 heterocycles. The van der Waals surface area contributed by atoms with E-state index in [1.165, 1.54) is 17.8 Å². The number of nitriles is 1. The standard InChI is InChI=1S/C15H12ClFN2S/c1-20-15-4-2-3-14(11(15)8-18)19-9-10-5-6-13(17)12(16)7-10/h2-7,19H,9H2,1H3. The lowest BCUT2D eigenvalue weighted by atomic mass is 10.1. The van der Waals surface area contributed by atoms with E-state index >= 15 is 0 Å². The van der Waals surface area contributed by atoms with Crippen molar-refractivity contribution in [3.8, 4) is 6.07 Å². The molecule has 0 fully saturated rings. The quantitative estimate of drug-likeness (QED) is 0.833. The average molecular weight is 307 g/mol. The number of thioether (sulfide) groups is 1. The third-order valence-corrected chi connectivity index (χ3v) is 3.89. The minimum Gasteiger partial charge on any atom is -0.380 e. The predicted molar refractivity (Wildman–Crippen MR) is 81.7 cm³/mol. The third kappa shape index (κ3) is 3.24. The van der Waals surface area contributed by atoms with Gasteiger partial charge in [-0.3, -0.25) is 0 Å². The highest BCUT2D eigenvalue weighted by Gasteiger charge is 2.07. The van der Waals surface area contributed by atoms with Crippen LogP contribution in [-0.2, 0) is 6.54 Å². The van der Waals surface area contributed by atoms with Gasteiger partial charge in [0.15, 0.2) is 0 Å². The number of hydrogen-bond donors (Lipinski definition) is 1. The summed E-state index contributed by atoms with van der Waals surface area (Å²) < 4.78 is 13.1. The molecule has 1 N–H and O–H groups in total. The van der Waals surface area contributed by atoms with Crippen LogP contribution < -0.4 is 5.32 Å². The number of benzene rings is 2. The maximum absolute atomic E-state index is 13.1. The number of halogens is 2. The first-order valence-corrected chi connectivity index (χ1v) is 7.51. The first-order chi connectivity index (χ1) is 9.65. The van der Waals surface area contributed by atoms with Gasteiger partial charge in [0.2, 0.25) is 0 Å². The summed E-state index contributed by atoms with van der Waals surface area (Å²) in [6, 6.07) is 12.4. The lowest BCUT2D eigenvalue weighted by Crippen LogP contribution is -2.02. The minimum atomic E-state index is -0.433. The van der Waals surface area contributed by atoms with Gasteiger partial charge in [0.1, 0.15) is 11.9 Å². The van der Waals surface area contributed by atoms with Crippen molar-refractivity contribution in [3.63, 3.8) is 0 Å². The van der Waals surface area contributed by atoms with Crippen LogP contribution in [0.2, 0.25) is 5.02 Å². The molecule has 0 spiro atoms. The van der Waals surface area contributed by atoms with Crippen LogP contribution in [-0.4, -0.2) is 6.26 Å². The van der Waals surface area contributed by atoms with Crippen LogP contribution >= 0.6 is 23.4 Å². The second-order valence-corrected chi connectivity index (χ2v) is 5.35. The van der Waals surface area contributed by atoms with E-state index in [0.717, 1.165) is 16.1 Å². The Balaban J connectivity index is 2.19. The monoisotopic (exact) mass is 306 g/mol. The molecule has 0 saturated carbocycles. The van der Waals surface area contributed by atoms with E-state index in [2.05, 4.69) is 11.4 Å². The van der Waals surface area contributed by atoms with E-state index in [4.69, 9.17) is 11.6 Å². The van der Waals surface area contributed by atoms with Gasteiger partial charge in [-0.05, 0) is 36.1 Å². The smallest absolute Gasteiger partial charge is 0.141 e. The zero-order valence-electron chi connectivity index (χ0n) is 10.8. The molecule has 0 aliphatic carbocycles. The Bertz CT molecular complexity index is 667. The van der Waals surface area contributed by atoms with E-state index in [1.54, 1.807) is 12.1 Å². The number of anilines is 1. The highest BCUT2D eigenvalue weighted by Crippen LogP contribution is 2.26. The molecule has 0 aliphatic heterocycles. The van der Waals surface area contributed by atoms with E-state index in [0.29, 0.717) is 12.1 Å². The molecule has 0 aromatic heterocycles. The van der Waals surface area contributed by atoms with Crippen LogP contribution in [0.15, 0.2) is 41.3 Å². The van der Waals surface area contributed by atoms with Crippen molar-refractivity contribution >= 4 is 29.1 Å². The van der Waals surface area contributed by atoms with Crippen molar-refractivity contribution in [2.45, 2.75) is 11.4 Å².